The molecule has 0 saturated heterocycles. The number of hydrogen-bond acceptors (Lipinski definition) is 4. The van der Waals surface area contributed by atoms with E-state index < -0.39 is 18.5 Å². The maximum absolute atomic E-state index is 11.9. The van der Waals surface area contributed by atoms with Crippen molar-refractivity contribution in [2.45, 2.75) is 26.2 Å². The zero-order valence-electron chi connectivity index (χ0n) is 15.6. The fourth-order valence-corrected chi connectivity index (χ4v) is 3.18. The first-order valence-corrected chi connectivity index (χ1v) is 10.3. The Hall–Kier alpha value is -2.09. The van der Waals surface area contributed by atoms with Gasteiger partial charge in [-0.15, -0.1) is 0 Å². The van der Waals surface area contributed by atoms with Crippen LogP contribution in [0.3, 0.4) is 0 Å². The predicted molar refractivity (Wildman–Crippen MR) is 117 cm³/mol. The molecule has 0 aromatic heterocycles. The van der Waals surface area contributed by atoms with Crippen molar-refractivity contribution in [3.63, 3.8) is 0 Å². The molecule has 0 bridgehead atoms. The van der Waals surface area contributed by atoms with Gasteiger partial charge in [-0.1, -0.05) is 45.2 Å². The molecule has 29 heavy (non-hydrogen) atoms. The van der Waals surface area contributed by atoms with Crippen LogP contribution in [0.2, 0.25) is 10.0 Å². The molecule has 0 radical (unpaired) electrons. The van der Waals surface area contributed by atoms with Gasteiger partial charge in [0.25, 0.3) is 5.91 Å². The van der Waals surface area contributed by atoms with Gasteiger partial charge in [-0.05, 0) is 49.2 Å². The molecule has 0 saturated carbocycles. The van der Waals surface area contributed by atoms with Gasteiger partial charge in [0, 0.05) is 28.0 Å². The third-order valence-electron chi connectivity index (χ3n) is 3.81. The van der Waals surface area contributed by atoms with E-state index >= 15 is 0 Å². The van der Waals surface area contributed by atoms with Gasteiger partial charge in [0.1, 0.15) is 0 Å². The maximum Gasteiger partial charge on any atom is 0.306 e. The highest BCUT2D eigenvalue weighted by molar-refractivity contribution is 9.10. The number of nitrogens with one attached hydrogen (secondary N) is 2. The summed E-state index contributed by atoms with van der Waals surface area (Å²) in [7, 11) is 0. The van der Waals surface area contributed by atoms with Crippen LogP contribution in [0.15, 0.2) is 40.9 Å². The highest BCUT2D eigenvalue weighted by Gasteiger charge is 2.11. The number of hydrogen-bond donors (Lipinski definition) is 2. The second-order valence-electron chi connectivity index (χ2n) is 6.20. The lowest BCUT2D eigenvalue weighted by Crippen LogP contribution is -2.21. The normalized spacial score (nSPS) is 10.3. The first-order valence-electron chi connectivity index (χ1n) is 8.71. The summed E-state index contributed by atoms with van der Waals surface area (Å²) in [6.45, 7) is 1.44. The number of anilines is 2. The Labute approximate surface area is 187 Å². The molecule has 6 nitrogen and oxygen atoms in total. The second-order valence-corrected chi connectivity index (χ2v) is 7.93. The maximum atomic E-state index is 11.9. The van der Waals surface area contributed by atoms with Crippen molar-refractivity contribution in [1.29, 1.82) is 0 Å². The van der Waals surface area contributed by atoms with Gasteiger partial charge < -0.3 is 15.4 Å². The minimum atomic E-state index is -0.562. The van der Waals surface area contributed by atoms with Crippen LogP contribution in [-0.4, -0.2) is 24.4 Å². The minimum absolute atomic E-state index is 0.0222. The molecule has 2 aromatic carbocycles. The van der Waals surface area contributed by atoms with Gasteiger partial charge in [-0.2, -0.15) is 0 Å². The molecule has 0 aliphatic carbocycles. The van der Waals surface area contributed by atoms with Crippen molar-refractivity contribution < 1.29 is 19.1 Å². The molecule has 0 atom stereocenters. The van der Waals surface area contributed by atoms with E-state index in [1.807, 2.05) is 13.0 Å². The average Bonchev–Trinajstić information content (AvgIpc) is 2.65. The van der Waals surface area contributed by atoms with E-state index in [2.05, 4.69) is 26.6 Å². The molecule has 0 aliphatic heterocycles. The van der Waals surface area contributed by atoms with E-state index in [1.165, 1.54) is 0 Å². The van der Waals surface area contributed by atoms with Crippen molar-refractivity contribution >= 4 is 68.3 Å². The second kappa shape index (κ2) is 11.2. The molecule has 2 N–H and O–H groups in total. The topological polar surface area (TPSA) is 84.5 Å². The number of rotatable bonds is 8. The van der Waals surface area contributed by atoms with Gasteiger partial charge in [0.05, 0.1) is 10.7 Å². The van der Waals surface area contributed by atoms with Crippen LogP contribution in [0.4, 0.5) is 11.4 Å². The molecule has 0 heterocycles. The zero-order chi connectivity index (χ0) is 21.4. The summed E-state index contributed by atoms with van der Waals surface area (Å²) in [6, 6.07) is 10.2. The van der Waals surface area contributed by atoms with Crippen molar-refractivity contribution in [2.75, 3.05) is 17.2 Å². The number of amides is 2. The first kappa shape index (κ1) is 23.2. The summed E-state index contributed by atoms with van der Waals surface area (Å²) in [6.07, 6.45) is 0.458. The van der Waals surface area contributed by atoms with Gasteiger partial charge in [-0.25, -0.2) is 0 Å². The number of benzene rings is 2. The third kappa shape index (κ3) is 8.04. The van der Waals surface area contributed by atoms with Gasteiger partial charge in [0.15, 0.2) is 6.61 Å². The SMILES string of the molecule is Cc1ccc(NC(=O)CCCC(=O)OCC(=O)Nc2ccc(Br)cc2Cl)cc1Cl. The molecule has 0 aliphatic rings. The molecule has 2 rings (SSSR count). The minimum Gasteiger partial charge on any atom is -0.456 e. The number of halogens is 3. The van der Waals surface area contributed by atoms with Crippen LogP contribution in [-0.2, 0) is 19.1 Å². The van der Waals surface area contributed by atoms with Gasteiger partial charge >= 0.3 is 5.97 Å². The fraction of sp³-hybridized carbons (Fsp3) is 0.250. The van der Waals surface area contributed by atoms with Crippen LogP contribution in [0.5, 0.6) is 0 Å². The Morgan fingerprint density at radius 1 is 0.966 bits per heavy atom. The van der Waals surface area contributed by atoms with Crippen LogP contribution in [0.1, 0.15) is 24.8 Å². The summed E-state index contributed by atoms with van der Waals surface area (Å²) in [4.78, 5) is 35.5. The Balaban J connectivity index is 1.66. The van der Waals surface area contributed by atoms with E-state index in [0.29, 0.717) is 27.8 Å². The lowest BCUT2D eigenvalue weighted by Gasteiger charge is -2.09. The largest absolute Gasteiger partial charge is 0.456 e. The molecule has 2 amide bonds. The molecular weight excluding hydrogens is 483 g/mol. The van der Waals surface area contributed by atoms with Crippen molar-refractivity contribution in [1.82, 2.24) is 0 Å². The standard InChI is InChI=1S/C20H19BrCl2N2O4/c1-12-5-7-14(10-15(12)22)24-18(26)3-2-4-20(28)29-11-19(27)25-17-8-6-13(21)9-16(17)23/h5-10H,2-4,11H2,1H3,(H,24,26)(H,25,27). The summed E-state index contributed by atoms with van der Waals surface area (Å²) in [5.41, 5.74) is 1.93. The monoisotopic (exact) mass is 500 g/mol. The van der Waals surface area contributed by atoms with Crippen LogP contribution in [0, 0.1) is 6.92 Å². The summed E-state index contributed by atoms with van der Waals surface area (Å²) < 4.78 is 5.70. The van der Waals surface area contributed by atoms with Crippen molar-refractivity contribution in [3.8, 4) is 0 Å². The van der Waals surface area contributed by atoms with Crippen molar-refractivity contribution in [2.24, 2.45) is 0 Å². The van der Waals surface area contributed by atoms with E-state index in [0.717, 1.165) is 10.0 Å². The Morgan fingerprint density at radius 2 is 1.72 bits per heavy atom. The van der Waals surface area contributed by atoms with Gasteiger partial charge in [0.2, 0.25) is 5.91 Å². The zero-order valence-corrected chi connectivity index (χ0v) is 18.7. The number of ether oxygens (including phenoxy) is 1. The van der Waals surface area contributed by atoms with Gasteiger partial charge in [-0.3, -0.25) is 14.4 Å². The lowest BCUT2D eigenvalue weighted by molar-refractivity contribution is -0.147. The third-order valence-corrected chi connectivity index (χ3v) is 5.02. The quantitative estimate of drug-likeness (QED) is 0.477. The van der Waals surface area contributed by atoms with Crippen LogP contribution in [0.25, 0.3) is 0 Å². The highest BCUT2D eigenvalue weighted by Crippen LogP contribution is 2.25. The first-order chi connectivity index (χ1) is 13.7. The number of esters is 1. The number of aryl methyl sites for hydroxylation is 1. The molecule has 0 fully saturated rings. The summed E-state index contributed by atoms with van der Waals surface area (Å²) >= 11 is 15.3. The molecule has 9 heteroatoms. The summed E-state index contributed by atoms with van der Waals surface area (Å²) in [5.74, 6) is -1.30. The average molecular weight is 502 g/mol. The molecule has 2 aromatic rings. The van der Waals surface area contributed by atoms with Crippen LogP contribution >= 0.6 is 39.1 Å². The molecule has 154 valence electrons. The highest BCUT2D eigenvalue weighted by atomic mass is 79.9. The fourth-order valence-electron chi connectivity index (χ4n) is 2.28. The Morgan fingerprint density at radius 3 is 2.41 bits per heavy atom. The molecule has 0 spiro atoms. The molecule has 0 unspecified atom stereocenters. The number of carbonyl (C=O) groups is 3. The number of carbonyl (C=O) groups excluding carboxylic acids is 3. The van der Waals surface area contributed by atoms with E-state index in [-0.39, 0.29) is 18.7 Å². The lowest BCUT2D eigenvalue weighted by atomic mass is 10.2. The predicted octanol–water partition coefficient (Wildman–Crippen LogP) is 5.36. The van der Waals surface area contributed by atoms with Crippen LogP contribution < -0.4 is 10.6 Å². The Bertz CT molecular complexity index is 921. The van der Waals surface area contributed by atoms with E-state index in [9.17, 15) is 14.4 Å². The summed E-state index contributed by atoms with van der Waals surface area (Å²) in [5, 5.41) is 6.20. The Kier molecular flexibility index (Phi) is 8.95. The smallest absolute Gasteiger partial charge is 0.306 e. The van der Waals surface area contributed by atoms with Crippen molar-refractivity contribution in [3.05, 3.63) is 56.5 Å². The molecular formula is C20H19BrCl2N2O4. The van der Waals surface area contributed by atoms with E-state index in [1.54, 1.807) is 30.3 Å². The van der Waals surface area contributed by atoms with E-state index in [4.69, 9.17) is 27.9 Å².